The summed E-state index contributed by atoms with van der Waals surface area (Å²) < 4.78 is 0. The average Bonchev–Trinajstić information content (AvgIpc) is 3.10. The number of hydrogen-bond donors (Lipinski definition) is 2. The molecule has 0 aliphatic heterocycles. The zero-order valence-corrected chi connectivity index (χ0v) is 14.6. The minimum Gasteiger partial charge on any atom is -0.349 e. The van der Waals surface area contributed by atoms with Gasteiger partial charge in [-0.05, 0) is 48.4 Å². The van der Waals surface area contributed by atoms with Crippen LogP contribution in [0.25, 0.3) is 0 Å². The monoisotopic (exact) mass is 342 g/mol. The van der Waals surface area contributed by atoms with E-state index >= 15 is 0 Å². The van der Waals surface area contributed by atoms with E-state index in [2.05, 4.69) is 17.6 Å². The first-order valence-corrected chi connectivity index (χ1v) is 9.25. The van der Waals surface area contributed by atoms with Gasteiger partial charge in [-0.15, -0.1) is 11.3 Å². The number of amides is 2. The van der Waals surface area contributed by atoms with E-state index in [1.54, 1.807) is 30.3 Å². The summed E-state index contributed by atoms with van der Waals surface area (Å²) in [5.41, 5.74) is 1.22. The fraction of sp³-hybridized carbons (Fsp3) is 0.368. The van der Waals surface area contributed by atoms with Crippen molar-refractivity contribution in [2.75, 3.05) is 5.32 Å². The Morgan fingerprint density at radius 2 is 2.00 bits per heavy atom. The normalized spacial score (nSPS) is 20.4. The summed E-state index contributed by atoms with van der Waals surface area (Å²) >= 11 is 1.39. The van der Waals surface area contributed by atoms with E-state index in [0.29, 0.717) is 22.0 Å². The van der Waals surface area contributed by atoms with Crippen molar-refractivity contribution in [1.29, 1.82) is 0 Å². The molecule has 0 radical (unpaired) electrons. The van der Waals surface area contributed by atoms with Gasteiger partial charge in [0.2, 0.25) is 0 Å². The molecule has 0 spiro atoms. The molecular formula is C19H22N2O2S. The van der Waals surface area contributed by atoms with Gasteiger partial charge >= 0.3 is 0 Å². The van der Waals surface area contributed by atoms with Crippen molar-refractivity contribution in [2.24, 2.45) is 5.92 Å². The van der Waals surface area contributed by atoms with Gasteiger partial charge in [0.1, 0.15) is 0 Å². The van der Waals surface area contributed by atoms with Crippen LogP contribution in [0, 0.1) is 5.92 Å². The smallest absolute Gasteiger partial charge is 0.265 e. The predicted molar refractivity (Wildman–Crippen MR) is 97.6 cm³/mol. The number of benzene rings is 1. The lowest BCUT2D eigenvalue weighted by atomic mass is 9.87. The van der Waals surface area contributed by atoms with Crippen molar-refractivity contribution in [3.8, 4) is 0 Å². The molecule has 2 N–H and O–H groups in total. The van der Waals surface area contributed by atoms with E-state index in [-0.39, 0.29) is 17.9 Å². The first kappa shape index (κ1) is 16.7. The van der Waals surface area contributed by atoms with Gasteiger partial charge in [-0.2, -0.15) is 0 Å². The molecule has 5 heteroatoms. The van der Waals surface area contributed by atoms with E-state index in [1.165, 1.54) is 24.2 Å². The average molecular weight is 342 g/mol. The summed E-state index contributed by atoms with van der Waals surface area (Å²) in [6.45, 7) is 2.24. The first-order chi connectivity index (χ1) is 11.6. The number of hydrogen-bond acceptors (Lipinski definition) is 3. The predicted octanol–water partition coefficient (Wildman–Crippen LogP) is 4.31. The number of nitrogens with one attached hydrogen (secondary N) is 2. The van der Waals surface area contributed by atoms with Gasteiger partial charge in [-0.1, -0.05) is 31.9 Å². The van der Waals surface area contributed by atoms with Crippen LogP contribution in [0.3, 0.4) is 0 Å². The molecule has 1 aromatic heterocycles. The van der Waals surface area contributed by atoms with Crippen LogP contribution in [0.15, 0.2) is 41.8 Å². The maximum atomic E-state index is 12.5. The summed E-state index contributed by atoms with van der Waals surface area (Å²) in [5.74, 6) is 0.449. The molecule has 0 saturated heterocycles. The van der Waals surface area contributed by atoms with Crippen molar-refractivity contribution in [2.45, 2.75) is 38.6 Å². The number of anilines is 1. The second-order valence-corrected chi connectivity index (χ2v) is 7.40. The zero-order chi connectivity index (χ0) is 16.9. The molecule has 1 fully saturated rings. The SMILES string of the molecule is CC1CCCC(NC(=O)c2cccc(NC(=O)c3cccs3)c2)C1. The molecule has 1 saturated carbocycles. The summed E-state index contributed by atoms with van der Waals surface area (Å²) in [4.78, 5) is 25.2. The Kier molecular flexibility index (Phi) is 5.30. The zero-order valence-electron chi connectivity index (χ0n) is 13.7. The van der Waals surface area contributed by atoms with Crippen molar-refractivity contribution >= 4 is 28.8 Å². The second kappa shape index (κ2) is 7.62. The molecule has 0 bridgehead atoms. The van der Waals surface area contributed by atoms with Crippen molar-refractivity contribution in [3.63, 3.8) is 0 Å². The van der Waals surface area contributed by atoms with E-state index in [9.17, 15) is 9.59 Å². The van der Waals surface area contributed by atoms with E-state index < -0.39 is 0 Å². The molecule has 2 unspecified atom stereocenters. The minimum atomic E-state index is -0.149. The topological polar surface area (TPSA) is 58.2 Å². The highest BCUT2D eigenvalue weighted by atomic mass is 32.1. The Labute approximate surface area is 146 Å². The maximum absolute atomic E-state index is 12.5. The Hall–Kier alpha value is -2.14. The summed E-state index contributed by atoms with van der Waals surface area (Å²) in [7, 11) is 0. The molecular weight excluding hydrogens is 320 g/mol. The minimum absolute atomic E-state index is 0.0682. The molecule has 4 nitrogen and oxygen atoms in total. The van der Waals surface area contributed by atoms with Crippen LogP contribution in [0.5, 0.6) is 0 Å². The van der Waals surface area contributed by atoms with Gasteiger partial charge < -0.3 is 10.6 Å². The van der Waals surface area contributed by atoms with E-state index in [0.717, 1.165) is 12.8 Å². The van der Waals surface area contributed by atoms with Crippen LogP contribution >= 0.6 is 11.3 Å². The van der Waals surface area contributed by atoms with Gasteiger partial charge in [0, 0.05) is 17.3 Å². The molecule has 3 rings (SSSR count). The highest BCUT2D eigenvalue weighted by Gasteiger charge is 2.21. The highest BCUT2D eigenvalue weighted by Crippen LogP contribution is 2.24. The molecule has 1 aliphatic rings. The van der Waals surface area contributed by atoms with Crippen LogP contribution < -0.4 is 10.6 Å². The molecule has 1 aromatic carbocycles. The van der Waals surface area contributed by atoms with Gasteiger partial charge in [0.05, 0.1) is 4.88 Å². The van der Waals surface area contributed by atoms with Crippen LogP contribution in [0.2, 0.25) is 0 Å². The third-order valence-corrected chi connectivity index (χ3v) is 5.27. The lowest BCUT2D eigenvalue weighted by molar-refractivity contribution is 0.0920. The van der Waals surface area contributed by atoms with Crippen LogP contribution in [-0.4, -0.2) is 17.9 Å². The van der Waals surface area contributed by atoms with Gasteiger partial charge in [-0.25, -0.2) is 0 Å². The first-order valence-electron chi connectivity index (χ1n) is 8.37. The van der Waals surface area contributed by atoms with Gasteiger partial charge in [-0.3, -0.25) is 9.59 Å². The number of rotatable bonds is 4. The Balaban J connectivity index is 1.64. The molecule has 2 aromatic rings. The highest BCUT2D eigenvalue weighted by molar-refractivity contribution is 7.12. The molecule has 2 amide bonds. The molecule has 126 valence electrons. The van der Waals surface area contributed by atoms with E-state index in [4.69, 9.17) is 0 Å². The number of carbonyl (C=O) groups excluding carboxylic acids is 2. The number of carbonyl (C=O) groups is 2. The maximum Gasteiger partial charge on any atom is 0.265 e. The van der Waals surface area contributed by atoms with Gasteiger partial charge in [0.25, 0.3) is 11.8 Å². The van der Waals surface area contributed by atoms with Crippen molar-refractivity contribution < 1.29 is 9.59 Å². The van der Waals surface area contributed by atoms with Crippen molar-refractivity contribution in [3.05, 3.63) is 52.2 Å². The molecule has 24 heavy (non-hydrogen) atoms. The van der Waals surface area contributed by atoms with Crippen molar-refractivity contribution in [1.82, 2.24) is 5.32 Å². The fourth-order valence-corrected chi connectivity index (χ4v) is 3.79. The van der Waals surface area contributed by atoms with E-state index in [1.807, 2.05) is 11.4 Å². The van der Waals surface area contributed by atoms with Gasteiger partial charge in [0.15, 0.2) is 0 Å². The summed E-state index contributed by atoms with van der Waals surface area (Å²) in [5, 5.41) is 7.83. The van der Waals surface area contributed by atoms with Crippen LogP contribution in [0.1, 0.15) is 52.6 Å². The largest absolute Gasteiger partial charge is 0.349 e. The quantitative estimate of drug-likeness (QED) is 0.870. The molecule has 1 heterocycles. The summed E-state index contributed by atoms with van der Waals surface area (Å²) in [6, 6.07) is 11.0. The second-order valence-electron chi connectivity index (χ2n) is 6.45. The standard InChI is InChI=1S/C19H22N2O2S/c1-13-5-2-7-15(11-13)20-18(22)14-6-3-8-16(12-14)21-19(23)17-9-4-10-24-17/h3-4,6,8-10,12-13,15H,2,5,7,11H2,1H3,(H,20,22)(H,21,23). The fourth-order valence-electron chi connectivity index (χ4n) is 3.17. The molecule has 2 atom stereocenters. The lowest BCUT2D eigenvalue weighted by Gasteiger charge is -2.27. The lowest BCUT2D eigenvalue weighted by Crippen LogP contribution is -2.38. The third-order valence-electron chi connectivity index (χ3n) is 4.40. The Morgan fingerprint density at radius 3 is 2.75 bits per heavy atom. The third kappa shape index (κ3) is 4.23. The summed E-state index contributed by atoms with van der Waals surface area (Å²) in [6.07, 6.45) is 4.51. The number of thiophene rings is 1. The molecule has 1 aliphatic carbocycles. The van der Waals surface area contributed by atoms with Crippen LogP contribution in [-0.2, 0) is 0 Å². The Morgan fingerprint density at radius 1 is 1.12 bits per heavy atom. The Bertz CT molecular complexity index is 712. The van der Waals surface area contributed by atoms with Crippen LogP contribution in [0.4, 0.5) is 5.69 Å².